The number of nitrogens with zero attached hydrogens (tertiary/aromatic N) is 4. The van der Waals surface area contributed by atoms with E-state index in [-0.39, 0.29) is 35.6 Å². The molecule has 38 heavy (non-hydrogen) atoms. The molecule has 3 heterocycles. The minimum atomic E-state index is -0.641. The number of hydrogen-bond acceptors (Lipinski definition) is 8. The highest BCUT2D eigenvalue weighted by atomic mass is 16.6. The van der Waals surface area contributed by atoms with Crippen LogP contribution in [0.15, 0.2) is 36.4 Å². The minimum Gasteiger partial charge on any atom is -0.490 e. The number of carbonyl (C=O) groups excluding carboxylic acids is 4. The topological polar surface area (TPSA) is 142 Å². The largest absolute Gasteiger partial charge is 0.490 e. The highest BCUT2D eigenvalue weighted by Crippen LogP contribution is 2.30. The molecule has 1 atom stereocenters. The maximum atomic E-state index is 13.0. The first-order chi connectivity index (χ1) is 18.2. The van der Waals surface area contributed by atoms with Gasteiger partial charge >= 0.3 is 5.69 Å². The van der Waals surface area contributed by atoms with Gasteiger partial charge in [-0.05, 0) is 29.7 Å². The summed E-state index contributed by atoms with van der Waals surface area (Å²) >= 11 is 0. The van der Waals surface area contributed by atoms with Crippen molar-refractivity contribution in [2.45, 2.75) is 32.0 Å². The van der Waals surface area contributed by atoms with Crippen LogP contribution in [0.4, 0.5) is 5.69 Å². The molecular formula is C26H27N5O7. The second-order valence-corrected chi connectivity index (χ2v) is 9.60. The molecule has 0 aliphatic carbocycles. The average Bonchev–Trinajstić information content (AvgIpc) is 3.23. The molecule has 12 heteroatoms. The van der Waals surface area contributed by atoms with Crippen molar-refractivity contribution in [1.82, 2.24) is 20.0 Å². The van der Waals surface area contributed by atoms with Crippen LogP contribution in [0.3, 0.4) is 0 Å². The number of nitro benzene ring substituents is 1. The third-order valence-electron chi connectivity index (χ3n) is 7.28. The Labute approximate surface area is 218 Å². The van der Waals surface area contributed by atoms with Gasteiger partial charge in [0.15, 0.2) is 5.75 Å². The monoisotopic (exact) mass is 521 g/mol. The lowest BCUT2D eigenvalue weighted by molar-refractivity contribution is -0.385. The number of hydrogen-bond donors (Lipinski definition) is 1. The Morgan fingerprint density at radius 3 is 2.55 bits per heavy atom. The SMILES string of the molecule is COc1cc(C(=O)N2CCN(Cc3ccc4c(c3)CN(C3CCC(=O)NC3=O)C4=O)CC2)ccc1[N+](=O)[O-]. The molecule has 2 aromatic rings. The van der Waals surface area contributed by atoms with Crippen molar-refractivity contribution in [3.63, 3.8) is 0 Å². The Hall–Kier alpha value is -4.32. The number of methoxy groups -OCH3 is 1. The van der Waals surface area contributed by atoms with E-state index >= 15 is 0 Å². The van der Waals surface area contributed by atoms with Gasteiger partial charge in [-0.25, -0.2) is 0 Å². The van der Waals surface area contributed by atoms with Crippen molar-refractivity contribution in [3.8, 4) is 5.75 Å². The molecule has 0 bridgehead atoms. The van der Waals surface area contributed by atoms with E-state index in [1.165, 1.54) is 30.2 Å². The molecule has 1 N–H and O–H groups in total. The van der Waals surface area contributed by atoms with Crippen LogP contribution in [0.2, 0.25) is 0 Å². The van der Waals surface area contributed by atoms with Crippen LogP contribution < -0.4 is 10.1 Å². The van der Waals surface area contributed by atoms with Crippen LogP contribution in [0.25, 0.3) is 0 Å². The van der Waals surface area contributed by atoms with Gasteiger partial charge in [-0.2, -0.15) is 0 Å². The number of nitrogens with one attached hydrogen (secondary N) is 1. The zero-order valence-corrected chi connectivity index (χ0v) is 20.8. The van der Waals surface area contributed by atoms with Gasteiger partial charge in [0.05, 0.1) is 12.0 Å². The zero-order valence-electron chi connectivity index (χ0n) is 20.8. The lowest BCUT2D eigenvalue weighted by atomic mass is 10.0. The predicted molar refractivity (Wildman–Crippen MR) is 133 cm³/mol. The fraction of sp³-hybridized carbons (Fsp3) is 0.385. The molecule has 2 saturated heterocycles. The van der Waals surface area contributed by atoms with E-state index in [1.54, 1.807) is 11.0 Å². The van der Waals surface area contributed by atoms with Crippen molar-refractivity contribution in [2.24, 2.45) is 0 Å². The summed E-state index contributed by atoms with van der Waals surface area (Å²) in [6, 6.07) is 9.17. The summed E-state index contributed by atoms with van der Waals surface area (Å²) in [7, 11) is 1.33. The van der Waals surface area contributed by atoms with Crippen LogP contribution in [-0.4, -0.2) is 82.6 Å². The van der Waals surface area contributed by atoms with Crippen LogP contribution in [0, 0.1) is 10.1 Å². The van der Waals surface area contributed by atoms with Gasteiger partial charge in [-0.15, -0.1) is 0 Å². The van der Waals surface area contributed by atoms with Gasteiger partial charge in [0.25, 0.3) is 11.8 Å². The fourth-order valence-corrected chi connectivity index (χ4v) is 5.24. The summed E-state index contributed by atoms with van der Waals surface area (Å²) in [6.07, 6.45) is 0.543. The average molecular weight is 522 g/mol. The first-order valence-corrected chi connectivity index (χ1v) is 12.4. The third-order valence-corrected chi connectivity index (χ3v) is 7.28. The summed E-state index contributed by atoms with van der Waals surface area (Å²) in [5.41, 5.74) is 2.61. The van der Waals surface area contributed by atoms with Crippen LogP contribution in [-0.2, 0) is 22.7 Å². The predicted octanol–water partition coefficient (Wildman–Crippen LogP) is 1.32. The summed E-state index contributed by atoms with van der Waals surface area (Å²) in [6.45, 7) is 3.28. The fourth-order valence-electron chi connectivity index (χ4n) is 5.24. The lowest BCUT2D eigenvalue weighted by Gasteiger charge is -2.35. The molecule has 0 radical (unpaired) electrons. The zero-order chi connectivity index (χ0) is 27.0. The van der Waals surface area contributed by atoms with E-state index in [0.29, 0.717) is 56.8 Å². The van der Waals surface area contributed by atoms with Crippen LogP contribution >= 0.6 is 0 Å². The number of carbonyl (C=O) groups is 4. The summed E-state index contributed by atoms with van der Waals surface area (Å²) in [5, 5.41) is 13.4. The molecule has 2 fully saturated rings. The molecule has 2 aromatic carbocycles. The molecule has 0 spiro atoms. The molecule has 3 aliphatic heterocycles. The quantitative estimate of drug-likeness (QED) is 0.341. The second kappa shape index (κ2) is 10.2. The van der Waals surface area contributed by atoms with E-state index in [2.05, 4.69) is 10.2 Å². The molecule has 0 saturated carbocycles. The van der Waals surface area contributed by atoms with E-state index < -0.39 is 16.9 Å². The van der Waals surface area contributed by atoms with Crippen LogP contribution in [0.1, 0.15) is 44.7 Å². The van der Waals surface area contributed by atoms with E-state index in [0.717, 1.165) is 11.1 Å². The van der Waals surface area contributed by atoms with Crippen LogP contribution in [0.5, 0.6) is 5.75 Å². The smallest absolute Gasteiger partial charge is 0.310 e. The Bertz CT molecular complexity index is 1340. The van der Waals surface area contributed by atoms with Crippen molar-refractivity contribution >= 4 is 29.3 Å². The maximum Gasteiger partial charge on any atom is 0.310 e. The minimum absolute atomic E-state index is 0.0470. The highest BCUT2D eigenvalue weighted by Gasteiger charge is 2.39. The lowest BCUT2D eigenvalue weighted by Crippen LogP contribution is -2.52. The summed E-state index contributed by atoms with van der Waals surface area (Å²) in [5.74, 6) is -1.10. The van der Waals surface area contributed by atoms with Crippen molar-refractivity contribution in [2.75, 3.05) is 33.3 Å². The van der Waals surface area contributed by atoms with Gasteiger partial charge in [0.2, 0.25) is 11.8 Å². The normalized spacial score (nSPS) is 19.8. The van der Waals surface area contributed by atoms with Gasteiger partial charge in [0.1, 0.15) is 6.04 Å². The second-order valence-electron chi connectivity index (χ2n) is 9.60. The third kappa shape index (κ3) is 4.82. The molecule has 3 aliphatic rings. The number of fused-ring (bicyclic) bond motifs is 1. The van der Waals surface area contributed by atoms with Gasteiger partial charge in [0, 0.05) is 68.9 Å². The molecule has 5 rings (SSSR count). The van der Waals surface area contributed by atoms with Gasteiger partial charge in [-0.1, -0.05) is 12.1 Å². The Balaban J connectivity index is 1.19. The number of rotatable bonds is 6. The maximum absolute atomic E-state index is 13.0. The van der Waals surface area contributed by atoms with Crippen molar-refractivity contribution < 1.29 is 28.8 Å². The van der Waals surface area contributed by atoms with E-state index in [9.17, 15) is 29.3 Å². The molecular weight excluding hydrogens is 494 g/mol. The molecule has 0 aromatic heterocycles. The number of nitro groups is 1. The molecule has 12 nitrogen and oxygen atoms in total. The standard InChI is InChI=1S/C26H27N5O7/c1-38-22-13-17(3-5-20(22)31(36)37)25(34)29-10-8-28(9-11-29)14-16-2-4-19-18(12-16)15-30(26(19)35)21-6-7-23(32)27-24(21)33/h2-5,12-13,21H,6-11,14-15H2,1H3,(H,27,32,33). The number of piperidine rings is 1. The van der Waals surface area contributed by atoms with Crippen molar-refractivity contribution in [3.05, 3.63) is 68.8 Å². The Kier molecular flexibility index (Phi) is 6.81. The first-order valence-electron chi connectivity index (χ1n) is 12.4. The number of ether oxygens (including phenoxy) is 1. The first kappa shape index (κ1) is 25.3. The number of benzene rings is 2. The van der Waals surface area contributed by atoms with E-state index in [1.807, 2.05) is 12.1 Å². The number of imide groups is 1. The van der Waals surface area contributed by atoms with E-state index in [4.69, 9.17) is 4.74 Å². The Morgan fingerprint density at radius 2 is 1.87 bits per heavy atom. The van der Waals surface area contributed by atoms with Gasteiger partial charge < -0.3 is 14.5 Å². The summed E-state index contributed by atoms with van der Waals surface area (Å²) in [4.78, 5) is 65.7. The molecule has 4 amide bonds. The van der Waals surface area contributed by atoms with Crippen molar-refractivity contribution in [1.29, 1.82) is 0 Å². The molecule has 1 unspecified atom stereocenters. The number of amides is 4. The number of piperazine rings is 1. The highest BCUT2D eigenvalue weighted by molar-refractivity contribution is 6.05. The Morgan fingerprint density at radius 1 is 1.11 bits per heavy atom. The molecule has 198 valence electrons. The van der Waals surface area contributed by atoms with Gasteiger partial charge in [-0.3, -0.25) is 39.5 Å². The summed E-state index contributed by atoms with van der Waals surface area (Å²) < 4.78 is 5.08.